The van der Waals surface area contributed by atoms with Crippen LogP contribution in [0.2, 0.25) is 0 Å². The third-order valence-corrected chi connectivity index (χ3v) is 2.73. The monoisotopic (exact) mass is 212 g/mol. The SMILES string of the molecule is CCc1ccc(/C=N\NC(=O)OC)s1. The Bertz CT molecular complexity index is 333. The van der Waals surface area contributed by atoms with E-state index in [-0.39, 0.29) is 0 Å². The van der Waals surface area contributed by atoms with Gasteiger partial charge in [-0.25, -0.2) is 10.2 Å². The number of nitrogens with one attached hydrogen (secondary N) is 1. The molecule has 1 rings (SSSR count). The van der Waals surface area contributed by atoms with Crippen molar-refractivity contribution in [1.82, 2.24) is 5.43 Å². The van der Waals surface area contributed by atoms with Crippen molar-refractivity contribution in [3.05, 3.63) is 21.9 Å². The molecule has 1 amide bonds. The Morgan fingerprint density at radius 2 is 2.50 bits per heavy atom. The van der Waals surface area contributed by atoms with Crippen LogP contribution >= 0.6 is 11.3 Å². The zero-order valence-electron chi connectivity index (χ0n) is 8.11. The van der Waals surface area contributed by atoms with Crippen LogP contribution in [0.5, 0.6) is 0 Å². The molecule has 0 bridgehead atoms. The lowest BCUT2D eigenvalue weighted by Gasteiger charge is -1.93. The predicted octanol–water partition coefficient (Wildman–Crippen LogP) is 2.00. The van der Waals surface area contributed by atoms with E-state index in [4.69, 9.17) is 0 Å². The van der Waals surface area contributed by atoms with Gasteiger partial charge in [-0.3, -0.25) is 0 Å². The molecule has 0 aliphatic rings. The molecule has 76 valence electrons. The molecule has 0 aliphatic carbocycles. The van der Waals surface area contributed by atoms with Gasteiger partial charge in [0.05, 0.1) is 13.3 Å². The molecule has 1 heterocycles. The molecular weight excluding hydrogens is 200 g/mol. The summed E-state index contributed by atoms with van der Waals surface area (Å²) in [5, 5.41) is 3.72. The molecule has 0 fully saturated rings. The van der Waals surface area contributed by atoms with Gasteiger partial charge in [-0.05, 0) is 18.6 Å². The first kappa shape index (κ1) is 10.7. The van der Waals surface area contributed by atoms with Crippen LogP contribution in [0.15, 0.2) is 17.2 Å². The van der Waals surface area contributed by atoms with E-state index in [1.54, 1.807) is 17.6 Å². The molecule has 0 spiro atoms. The molecule has 14 heavy (non-hydrogen) atoms. The fraction of sp³-hybridized carbons (Fsp3) is 0.333. The minimum atomic E-state index is -0.562. The van der Waals surface area contributed by atoms with Crippen molar-refractivity contribution < 1.29 is 9.53 Å². The van der Waals surface area contributed by atoms with E-state index in [1.165, 1.54) is 12.0 Å². The van der Waals surface area contributed by atoms with Crippen LogP contribution in [0.25, 0.3) is 0 Å². The van der Waals surface area contributed by atoms with Gasteiger partial charge < -0.3 is 4.74 Å². The zero-order valence-corrected chi connectivity index (χ0v) is 8.93. The number of thiophene rings is 1. The van der Waals surface area contributed by atoms with Gasteiger partial charge in [0.1, 0.15) is 0 Å². The summed E-state index contributed by atoms with van der Waals surface area (Å²) in [6, 6.07) is 4.01. The number of hydrazone groups is 1. The number of hydrogen-bond donors (Lipinski definition) is 1. The van der Waals surface area contributed by atoms with Gasteiger partial charge in [0.2, 0.25) is 0 Å². The van der Waals surface area contributed by atoms with Crippen molar-refractivity contribution in [2.45, 2.75) is 13.3 Å². The molecule has 1 N–H and O–H groups in total. The Morgan fingerprint density at radius 1 is 1.71 bits per heavy atom. The summed E-state index contributed by atoms with van der Waals surface area (Å²) in [6.07, 6.45) is 2.05. The summed E-state index contributed by atoms with van der Waals surface area (Å²) >= 11 is 1.65. The highest BCUT2D eigenvalue weighted by atomic mass is 32.1. The molecule has 5 heteroatoms. The first-order valence-electron chi connectivity index (χ1n) is 4.22. The lowest BCUT2D eigenvalue weighted by molar-refractivity contribution is 0.171. The van der Waals surface area contributed by atoms with Crippen molar-refractivity contribution in [2.24, 2.45) is 5.10 Å². The van der Waals surface area contributed by atoms with E-state index in [9.17, 15) is 4.79 Å². The number of carbonyl (C=O) groups excluding carboxylic acids is 1. The molecule has 0 unspecified atom stereocenters. The summed E-state index contributed by atoms with van der Waals surface area (Å²) in [6.45, 7) is 2.10. The van der Waals surface area contributed by atoms with E-state index in [0.29, 0.717) is 0 Å². The van der Waals surface area contributed by atoms with Gasteiger partial charge in [0.15, 0.2) is 0 Å². The largest absolute Gasteiger partial charge is 0.452 e. The number of ether oxygens (including phenoxy) is 1. The van der Waals surface area contributed by atoms with Crippen molar-refractivity contribution in [1.29, 1.82) is 0 Å². The van der Waals surface area contributed by atoms with Crippen LogP contribution in [0.3, 0.4) is 0 Å². The number of hydrogen-bond acceptors (Lipinski definition) is 4. The molecule has 0 saturated carbocycles. The average molecular weight is 212 g/mol. The highest BCUT2D eigenvalue weighted by Crippen LogP contribution is 2.14. The van der Waals surface area contributed by atoms with Gasteiger partial charge in [0.25, 0.3) is 0 Å². The normalized spacial score (nSPS) is 10.4. The van der Waals surface area contributed by atoms with E-state index in [0.717, 1.165) is 11.3 Å². The third-order valence-electron chi connectivity index (χ3n) is 1.56. The predicted molar refractivity (Wildman–Crippen MR) is 56.8 cm³/mol. The Balaban J connectivity index is 2.47. The molecule has 1 aromatic rings. The molecule has 0 saturated heterocycles. The maximum atomic E-state index is 10.6. The first-order chi connectivity index (χ1) is 6.76. The standard InChI is InChI=1S/C9H12N2O2S/c1-3-7-4-5-8(14-7)6-10-11-9(12)13-2/h4-6H,3H2,1-2H3,(H,11,12)/b10-6-. The number of nitrogens with zero attached hydrogens (tertiary/aromatic N) is 1. The minimum Gasteiger partial charge on any atom is -0.452 e. The van der Waals surface area contributed by atoms with Gasteiger partial charge >= 0.3 is 6.09 Å². The summed E-state index contributed by atoms with van der Waals surface area (Å²) in [4.78, 5) is 12.9. The lowest BCUT2D eigenvalue weighted by Crippen LogP contribution is -2.16. The molecule has 0 atom stereocenters. The summed E-state index contributed by atoms with van der Waals surface area (Å²) in [7, 11) is 1.30. The summed E-state index contributed by atoms with van der Waals surface area (Å²) < 4.78 is 4.35. The van der Waals surface area contributed by atoms with E-state index in [1.807, 2.05) is 12.1 Å². The molecule has 0 aromatic carbocycles. The van der Waals surface area contributed by atoms with E-state index >= 15 is 0 Å². The van der Waals surface area contributed by atoms with E-state index < -0.39 is 6.09 Å². The van der Waals surface area contributed by atoms with Gasteiger partial charge in [-0.15, -0.1) is 11.3 Å². The molecule has 0 radical (unpaired) electrons. The number of amides is 1. The number of rotatable bonds is 3. The maximum Gasteiger partial charge on any atom is 0.427 e. The van der Waals surface area contributed by atoms with Crippen LogP contribution in [-0.2, 0) is 11.2 Å². The van der Waals surface area contributed by atoms with E-state index in [2.05, 4.69) is 22.2 Å². The quantitative estimate of drug-likeness (QED) is 0.615. The van der Waals surface area contributed by atoms with Crippen LogP contribution in [0.1, 0.15) is 16.7 Å². The second kappa shape index (κ2) is 5.39. The number of aryl methyl sites for hydroxylation is 1. The van der Waals surface area contributed by atoms with Crippen LogP contribution in [0.4, 0.5) is 4.79 Å². The molecule has 4 nitrogen and oxygen atoms in total. The fourth-order valence-electron chi connectivity index (χ4n) is 0.848. The van der Waals surface area contributed by atoms with Crippen LogP contribution in [-0.4, -0.2) is 19.4 Å². The van der Waals surface area contributed by atoms with Gasteiger partial charge in [-0.2, -0.15) is 5.10 Å². The van der Waals surface area contributed by atoms with Gasteiger partial charge in [0, 0.05) is 9.75 Å². The minimum absolute atomic E-state index is 0.562. The van der Waals surface area contributed by atoms with Crippen LogP contribution in [0, 0.1) is 0 Å². The number of carbonyl (C=O) groups is 1. The van der Waals surface area contributed by atoms with Gasteiger partial charge in [-0.1, -0.05) is 6.92 Å². The van der Waals surface area contributed by atoms with Crippen LogP contribution < -0.4 is 5.43 Å². The topological polar surface area (TPSA) is 50.7 Å². The van der Waals surface area contributed by atoms with Crippen molar-refractivity contribution in [2.75, 3.05) is 7.11 Å². The molecular formula is C9H12N2O2S. The lowest BCUT2D eigenvalue weighted by atomic mass is 10.4. The maximum absolute atomic E-state index is 10.6. The first-order valence-corrected chi connectivity index (χ1v) is 5.03. The number of methoxy groups -OCH3 is 1. The Morgan fingerprint density at radius 3 is 3.07 bits per heavy atom. The smallest absolute Gasteiger partial charge is 0.427 e. The average Bonchev–Trinajstić information content (AvgIpc) is 2.65. The Labute approximate surface area is 86.6 Å². The molecule has 0 aliphatic heterocycles. The fourth-order valence-corrected chi connectivity index (χ4v) is 1.67. The Kier molecular flexibility index (Phi) is 4.12. The van der Waals surface area contributed by atoms with Crippen molar-refractivity contribution >= 4 is 23.6 Å². The van der Waals surface area contributed by atoms with Crippen molar-refractivity contribution in [3.63, 3.8) is 0 Å². The summed E-state index contributed by atoms with van der Waals surface area (Å²) in [5.41, 5.74) is 2.22. The second-order valence-electron chi connectivity index (χ2n) is 2.52. The van der Waals surface area contributed by atoms with Crippen molar-refractivity contribution in [3.8, 4) is 0 Å². The molecule has 1 aromatic heterocycles. The highest BCUT2D eigenvalue weighted by molar-refractivity contribution is 7.13. The highest BCUT2D eigenvalue weighted by Gasteiger charge is 1.96. The Hall–Kier alpha value is -1.36. The summed E-state index contributed by atoms with van der Waals surface area (Å²) in [5.74, 6) is 0. The second-order valence-corrected chi connectivity index (χ2v) is 3.72. The zero-order chi connectivity index (χ0) is 10.4. The third kappa shape index (κ3) is 3.18.